The first-order chi connectivity index (χ1) is 9.27. The summed E-state index contributed by atoms with van der Waals surface area (Å²) in [4.78, 5) is 28.1. The van der Waals surface area contributed by atoms with Gasteiger partial charge < -0.3 is 30.3 Å². The third-order valence-electron chi connectivity index (χ3n) is 0.402. The Balaban J connectivity index is -0.0000000149. The molecule has 0 aromatic rings. The highest BCUT2D eigenvalue weighted by Crippen LogP contribution is 1.84. The van der Waals surface area contributed by atoms with Crippen LogP contribution >= 0.6 is 37.0 Å². The van der Waals surface area contributed by atoms with E-state index in [0.29, 0.717) is 0 Å². The Morgan fingerprint density at radius 2 is 0.783 bits per heavy atom. The molecule has 0 aliphatic heterocycles. The van der Waals surface area contributed by atoms with Crippen molar-refractivity contribution in [3.05, 3.63) is 0 Å². The van der Waals surface area contributed by atoms with Crippen molar-refractivity contribution in [2.24, 2.45) is 0 Å². The Morgan fingerprint density at radius 1 is 0.739 bits per heavy atom. The van der Waals surface area contributed by atoms with Crippen molar-refractivity contribution in [2.75, 3.05) is 35.1 Å². The molecule has 4 unspecified atom stereocenters. The van der Waals surface area contributed by atoms with Gasteiger partial charge in [-0.2, -0.15) is 0 Å². The molecule has 0 rings (SSSR count). The molecule has 5 N–H and O–H groups in total. The average molecular weight is 424 g/mol. The van der Waals surface area contributed by atoms with Crippen LogP contribution < -0.4 is 0 Å². The van der Waals surface area contributed by atoms with Gasteiger partial charge in [-0.05, 0) is 27.7 Å². The largest absolute Gasteiger partial charge is 0.479 e. The van der Waals surface area contributed by atoms with Crippen LogP contribution in [0.2, 0.25) is 0 Å². The second-order valence-electron chi connectivity index (χ2n) is 1.38. The van der Waals surface area contributed by atoms with Gasteiger partial charge in [-0.25, -0.2) is 14.4 Å². The average Bonchev–Trinajstić information content (AvgIpc) is 2.45. The van der Waals surface area contributed by atoms with Crippen LogP contribution in [0.5, 0.6) is 0 Å². The molecule has 0 aliphatic rings. The lowest BCUT2D eigenvalue weighted by atomic mass is 11.5. The Bertz CT molecular complexity index is 177. The lowest BCUT2D eigenvalue weighted by Gasteiger charge is -1.80. The van der Waals surface area contributed by atoms with Crippen molar-refractivity contribution in [1.29, 1.82) is 0 Å². The highest BCUT2D eigenvalue weighted by Gasteiger charge is 1.76. The van der Waals surface area contributed by atoms with E-state index in [2.05, 4.69) is 18.7 Å². The predicted octanol–water partition coefficient (Wildman–Crippen LogP) is 1.95. The van der Waals surface area contributed by atoms with Crippen molar-refractivity contribution in [3.63, 3.8) is 0 Å². The summed E-state index contributed by atoms with van der Waals surface area (Å²) in [6.07, 6.45) is 0. The fourth-order valence-corrected chi connectivity index (χ4v) is 0. The molecular weight excluding hydrogens is 388 g/mol. The van der Waals surface area contributed by atoms with Crippen molar-refractivity contribution in [1.82, 2.24) is 0 Å². The molecular formula is C10H36O9P4. The van der Waals surface area contributed by atoms with Gasteiger partial charge in [0, 0.05) is 14.2 Å². The summed E-state index contributed by atoms with van der Waals surface area (Å²) in [5.74, 6) is 0. The minimum absolute atomic E-state index is 0. The van der Waals surface area contributed by atoms with Gasteiger partial charge in [-0.15, -0.1) is 9.24 Å². The van der Waals surface area contributed by atoms with Gasteiger partial charge >= 0.3 is 17.1 Å². The number of aliphatic hydroxyl groups is 2. The number of rotatable bonds is 0. The normalized spacial score (nSPS) is 4.83. The number of hydrogen-bond acceptors (Lipinski definition) is 7. The highest BCUT2D eigenvalue weighted by atomic mass is 31.0. The van der Waals surface area contributed by atoms with Crippen molar-refractivity contribution in [2.45, 2.75) is 14.9 Å². The molecule has 0 saturated heterocycles. The van der Waals surface area contributed by atoms with E-state index < -0.39 is 5.71 Å². The zero-order valence-corrected chi connectivity index (χ0v) is 17.3. The fraction of sp³-hybridized carbons (Fsp3) is 0.700. The molecule has 4 atom stereocenters. The number of ether oxygens (including phenoxy) is 2. The first-order valence-corrected chi connectivity index (χ1v) is 7.29. The molecule has 0 bridgehead atoms. The summed E-state index contributed by atoms with van der Waals surface area (Å²) < 4.78 is 8.15. The van der Waals surface area contributed by atoms with Gasteiger partial charge in [0.15, 0.2) is 0 Å². The zero-order chi connectivity index (χ0) is 18.1. The Hall–Kier alpha value is 0.01000. The third kappa shape index (κ3) is 548. The fourth-order valence-electron chi connectivity index (χ4n) is 0. The van der Waals surface area contributed by atoms with Gasteiger partial charge in [0.1, 0.15) is 0 Å². The molecule has 0 heterocycles. The van der Waals surface area contributed by atoms with Crippen LogP contribution in [0.1, 0.15) is 14.9 Å². The zero-order valence-electron chi connectivity index (χ0n) is 12.7. The summed E-state index contributed by atoms with van der Waals surface area (Å²) in [7, 11) is 12.4. The maximum atomic E-state index is 9.55. The minimum Gasteiger partial charge on any atom is -0.479 e. The van der Waals surface area contributed by atoms with E-state index in [-0.39, 0.29) is 31.8 Å². The van der Waals surface area contributed by atoms with E-state index in [1.54, 1.807) is 9.24 Å². The number of carboxylic acid groups (broad SMARTS) is 1. The summed E-state index contributed by atoms with van der Waals surface area (Å²) >= 11 is 0. The van der Waals surface area contributed by atoms with E-state index in [0.717, 1.165) is 14.2 Å². The third-order valence-corrected chi connectivity index (χ3v) is 0.874. The maximum Gasteiger partial charge on any atom is 0.319 e. The summed E-state index contributed by atoms with van der Waals surface area (Å²) in [6.45, 7) is 1.92. The minimum atomic E-state index is -0.917. The van der Waals surface area contributed by atoms with E-state index >= 15 is 0 Å². The Labute approximate surface area is 149 Å². The molecule has 0 radical (unpaired) electrons. The standard InChI is InChI=1S/2C2H5O2P.CH3O2P.2CH4O.CH5P.2CH4.H2O/c2*1-4-2(3)5;2-1(3)4;3*1-2;;;/h2*5H2,1H3;4H2,(H,2,3);2*2H,1H3;2H2,1H3;2*1H4;1H2. The molecule has 0 aliphatic carbocycles. The molecule has 0 fully saturated rings. The molecule has 0 aromatic carbocycles. The first kappa shape index (κ1) is 56.8. The van der Waals surface area contributed by atoms with Crippen molar-refractivity contribution >= 4 is 54.1 Å². The van der Waals surface area contributed by atoms with Gasteiger partial charge in [0.2, 0.25) is 0 Å². The number of carbonyl (C=O) groups excluding carboxylic acids is 2. The topological polar surface area (TPSA) is 162 Å². The molecule has 0 spiro atoms. The van der Waals surface area contributed by atoms with Crippen LogP contribution in [0.3, 0.4) is 0 Å². The number of hydrogen-bond donors (Lipinski definition) is 3. The van der Waals surface area contributed by atoms with Gasteiger partial charge in [-0.3, -0.25) is 0 Å². The van der Waals surface area contributed by atoms with Gasteiger partial charge in [0.05, 0.1) is 14.2 Å². The highest BCUT2D eigenvalue weighted by molar-refractivity contribution is 7.39. The SMILES string of the molecule is C.C.CO.CO.COC(=O)P.COC(=O)P.CP.O.O=C(O)P. The van der Waals surface area contributed by atoms with E-state index in [4.69, 9.17) is 20.1 Å². The summed E-state index contributed by atoms with van der Waals surface area (Å²) in [5, 5.41) is 21.4. The van der Waals surface area contributed by atoms with Crippen LogP contribution in [-0.2, 0) is 9.47 Å². The maximum absolute atomic E-state index is 9.55. The predicted molar refractivity (Wildman–Crippen MR) is 111 cm³/mol. The number of aliphatic hydroxyl groups excluding tert-OH is 2. The quantitative estimate of drug-likeness (QED) is 0.497. The molecule has 0 aromatic heterocycles. The molecule has 0 amide bonds. The van der Waals surface area contributed by atoms with Crippen molar-refractivity contribution in [3.8, 4) is 0 Å². The van der Waals surface area contributed by atoms with Gasteiger partial charge in [-0.1, -0.05) is 21.5 Å². The lowest BCUT2D eigenvalue weighted by molar-refractivity contribution is 0.199. The van der Waals surface area contributed by atoms with Crippen LogP contribution in [0.4, 0.5) is 14.4 Å². The van der Waals surface area contributed by atoms with E-state index in [1.807, 2.05) is 25.1 Å². The first-order valence-electron chi connectivity index (χ1n) is 4.40. The molecule has 0 saturated carbocycles. The van der Waals surface area contributed by atoms with E-state index in [9.17, 15) is 9.59 Å². The second-order valence-corrected chi connectivity index (χ2v) is 2.82. The van der Waals surface area contributed by atoms with Crippen LogP contribution in [0.25, 0.3) is 0 Å². The second kappa shape index (κ2) is 80.1. The summed E-state index contributed by atoms with van der Waals surface area (Å²) in [6, 6.07) is 0. The lowest BCUT2D eigenvalue weighted by Crippen LogP contribution is -1.79. The molecule has 9 nitrogen and oxygen atoms in total. The van der Waals surface area contributed by atoms with E-state index in [1.165, 1.54) is 14.2 Å². The smallest absolute Gasteiger partial charge is 0.319 e. The monoisotopic (exact) mass is 424 g/mol. The molecule has 150 valence electrons. The Kier molecular flexibility index (Phi) is 198. The van der Waals surface area contributed by atoms with Gasteiger partial charge in [0.25, 0.3) is 0 Å². The van der Waals surface area contributed by atoms with Crippen molar-refractivity contribution < 1.29 is 44.7 Å². The number of carbonyl (C=O) groups is 3. The summed E-state index contributed by atoms with van der Waals surface area (Å²) in [5.41, 5.74) is -1.57. The van der Waals surface area contributed by atoms with Crippen LogP contribution in [0, 0.1) is 0 Å². The van der Waals surface area contributed by atoms with Crippen LogP contribution in [0.15, 0.2) is 0 Å². The Morgan fingerprint density at radius 3 is 0.783 bits per heavy atom. The van der Waals surface area contributed by atoms with Crippen LogP contribution in [-0.4, -0.2) is 73.0 Å². The molecule has 13 heteroatoms. The number of methoxy groups -OCH3 is 2. The molecule has 23 heavy (non-hydrogen) atoms.